The van der Waals surface area contributed by atoms with E-state index in [0.717, 1.165) is 5.75 Å². The van der Waals surface area contributed by atoms with Gasteiger partial charge in [-0.15, -0.1) is 23.5 Å². The van der Waals surface area contributed by atoms with Gasteiger partial charge in [0.15, 0.2) is 0 Å². The van der Waals surface area contributed by atoms with Crippen LogP contribution in [0.25, 0.3) is 0 Å². The van der Waals surface area contributed by atoms with E-state index in [1.54, 1.807) is 11.8 Å². The molecule has 4 heteroatoms. The summed E-state index contributed by atoms with van der Waals surface area (Å²) >= 11 is 3.44. The van der Waals surface area contributed by atoms with Crippen LogP contribution in [0.15, 0.2) is 0 Å². The van der Waals surface area contributed by atoms with Crippen molar-refractivity contribution in [1.82, 2.24) is 0 Å². The zero-order valence-electron chi connectivity index (χ0n) is 8.03. The number of carbonyl (C=O) groups is 1. The minimum Gasteiger partial charge on any atom is -0.480 e. The molecule has 1 aliphatic heterocycles. The van der Waals surface area contributed by atoms with Crippen LogP contribution in [-0.4, -0.2) is 26.7 Å². The Hall–Kier alpha value is 0.170. The van der Waals surface area contributed by atoms with Gasteiger partial charge in [-0.05, 0) is 12.3 Å². The Balaban J connectivity index is 2.35. The highest BCUT2D eigenvalue weighted by atomic mass is 32.2. The van der Waals surface area contributed by atoms with Crippen molar-refractivity contribution in [2.75, 3.05) is 5.75 Å². The average molecular weight is 220 g/mol. The monoisotopic (exact) mass is 220 g/mol. The maximum Gasteiger partial charge on any atom is 0.317 e. The number of rotatable bonds is 4. The van der Waals surface area contributed by atoms with Crippen LogP contribution in [0.3, 0.4) is 0 Å². The molecule has 3 atom stereocenters. The Bertz CT molecular complexity index is 184. The molecule has 76 valence electrons. The van der Waals surface area contributed by atoms with Crippen LogP contribution in [0.4, 0.5) is 0 Å². The van der Waals surface area contributed by atoms with Gasteiger partial charge in [-0.25, -0.2) is 0 Å². The Kier molecular flexibility index (Phi) is 4.46. The van der Waals surface area contributed by atoms with Crippen LogP contribution in [0.1, 0.15) is 26.7 Å². The lowest BCUT2D eigenvalue weighted by molar-refractivity contribution is -0.135. The average Bonchev–Trinajstić information content (AvgIpc) is 2.52. The molecule has 2 nitrogen and oxygen atoms in total. The largest absolute Gasteiger partial charge is 0.480 e. The van der Waals surface area contributed by atoms with E-state index in [-0.39, 0.29) is 5.25 Å². The molecule has 0 aromatic carbocycles. The van der Waals surface area contributed by atoms with Gasteiger partial charge in [0.2, 0.25) is 0 Å². The maximum atomic E-state index is 10.7. The van der Waals surface area contributed by atoms with Gasteiger partial charge < -0.3 is 5.11 Å². The van der Waals surface area contributed by atoms with Gasteiger partial charge in [-0.1, -0.05) is 20.3 Å². The highest BCUT2D eigenvalue weighted by molar-refractivity contribution is 8.20. The molecule has 0 saturated carbocycles. The molecule has 1 rings (SSSR count). The third-order valence-corrected chi connectivity index (χ3v) is 5.90. The Morgan fingerprint density at radius 1 is 1.69 bits per heavy atom. The fraction of sp³-hybridized carbons (Fsp3) is 0.889. The molecule has 0 aliphatic carbocycles. The lowest BCUT2D eigenvalue weighted by atomic mass is 10.1. The minimum atomic E-state index is -0.649. The molecule has 0 bridgehead atoms. The van der Waals surface area contributed by atoms with Crippen molar-refractivity contribution >= 4 is 29.5 Å². The molecule has 1 heterocycles. The van der Waals surface area contributed by atoms with Gasteiger partial charge in [0.05, 0.1) is 4.58 Å². The van der Waals surface area contributed by atoms with Gasteiger partial charge in [0.1, 0.15) is 5.25 Å². The van der Waals surface area contributed by atoms with Crippen LogP contribution in [-0.2, 0) is 4.79 Å². The van der Waals surface area contributed by atoms with E-state index < -0.39 is 5.97 Å². The first-order chi connectivity index (χ1) is 6.15. The molecule has 0 amide bonds. The second-order valence-corrected chi connectivity index (χ2v) is 6.25. The summed E-state index contributed by atoms with van der Waals surface area (Å²) in [5.41, 5.74) is 0. The summed E-state index contributed by atoms with van der Waals surface area (Å²) in [5, 5.41) is 8.64. The summed E-state index contributed by atoms with van der Waals surface area (Å²) in [6.45, 7) is 4.40. The highest BCUT2D eigenvalue weighted by Gasteiger charge is 2.33. The predicted octanol–water partition coefficient (Wildman–Crippen LogP) is 2.68. The number of carboxylic acid groups (broad SMARTS) is 1. The van der Waals surface area contributed by atoms with Gasteiger partial charge in [-0.2, -0.15) is 0 Å². The lowest BCUT2D eigenvalue weighted by Gasteiger charge is -2.16. The molecule has 13 heavy (non-hydrogen) atoms. The van der Waals surface area contributed by atoms with Crippen molar-refractivity contribution < 1.29 is 9.90 Å². The van der Waals surface area contributed by atoms with E-state index in [0.29, 0.717) is 10.5 Å². The van der Waals surface area contributed by atoms with Gasteiger partial charge >= 0.3 is 5.97 Å². The van der Waals surface area contributed by atoms with Crippen LogP contribution >= 0.6 is 23.5 Å². The molecule has 3 unspecified atom stereocenters. The second-order valence-electron chi connectivity index (χ2n) is 3.43. The van der Waals surface area contributed by atoms with Crippen molar-refractivity contribution in [1.29, 1.82) is 0 Å². The summed E-state index contributed by atoms with van der Waals surface area (Å²) in [5.74, 6) is 0.770. The lowest BCUT2D eigenvalue weighted by Crippen LogP contribution is -2.16. The van der Waals surface area contributed by atoms with E-state index in [9.17, 15) is 4.79 Å². The van der Waals surface area contributed by atoms with E-state index >= 15 is 0 Å². The summed E-state index contributed by atoms with van der Waals surface area (Å²) in [7, 11) is 0. The molecular formula is C9H16O2S2. The first-order valence-corrected chi connectivity index (χ1v) is 6.64. The number of aliphatic carboxylic acids is 1. The molecule has 1 saturated heterocycles. The minimum absolute atomic E-state index is 0.172. The van der Waals surface area contributed by atoms with Crippen molar-refractivity contribution in [3.8, 4) is 0 Å². The maximum absolute atomic E-state index is 10.7. The highest BCUT2D eigenvalue weighted by Crippen LogP contribution is 2.43. The Labute approximate surface area is 87.9 Å². The van der Waals surface area contributed by atoms with Crippen LogP contribution in [0, 0.1) is 5.92 Å². The van der Waals surface area contributed by atoms with Crippen LogP contribution in [0.5, 0.6) is 0 Å². The van der Waals surface area contributed by atoms with Gasteiger partial charge in [0.25, 0.3) is 0 Å². The quantitative estimate of drug-likeness (QED) is 0.790. The third-order valence-electron chi connectivity index (χ3n) is 2.19. The summed E-state index contributed by atoms with van der Waals surface area (Å²) in [6, 6.07) is 0. The molecule has 0 radical (unpaired) electrons. The zero-order valence-corrected chi connectivity index (χ0v) is 9.66. The van der Waals surface area contributed by atoms with E-state index in [1.165, 1.54) is 12.8 Å². The molecule has 1 aliphatic rings. The van der Waals surface area contributed by atoms with Crippen LogP contribution in [0.2, 0.25) is 0 Å². The van der Waals surface area contributed by atoms with E-state index in [1.807, 2.05) is 11.8 Å². The molecule has 0 aromatic heterocycles. The van der Waals surface area contributed by atoms with Crippen molar-refractivity contribution in [3.05, 3.63) is 0 Å². The summed E-state index contributed by atoms with van der Waals surface area (Å²) in [6.07, 6.45) is 2.40. The smallest absolute Gasteiger partial charge is 0.317 e. The Morgan fingerprint density at radius 3 is 2.85 bits per heavy atom. The molecule has 0 spiro atoms. The first-order valence-electron chi connectivity index (χ1n) is 4.65. The molecular weight excluding hydrogens is 204 g/mol. The standard InChI is InChI=1S/C9H16O2S2/c1-3-4-6(2)9-12-5-7(13-9)8(10)11/h6-7,9H,3-5H2,1-2H3,(H,10,11). The molecule has 1 fully saturated rings. The van der Waals surface area contributed by atoms with Gasteiger partial charge in [-0.3, -0.25) is 4.79 Å². The van der Waals surface area contributed by atoms with E-state index in [4.69, 9.17) is 5.11 Å². The fourth-order valence-corrected chi connectivity index (χ4v) is 4.76. The SMILES string of the molecule is CCCC(C)C1SCC(C(=O)O)S1. The topological polar surface area (TPSA) is 37.3 Å². The Morgan fingerprint density at radius 2 is 2.38 bits per heavy atom. The number of carboxylic acids is 1. The second kappa shape index (κ2) is 5.15. The number of hydrogen-bond acceptors (Lipinski definition) is 3. The molecule has 0 aromatic rings. The van der Waals surface area contributed by atoms with Gasteiger partial charge in [0, 0.05) is 5.75 Å². The van der Waals surface area contributed by atoms with Crippen molar-refractivity contribution in [2.45, 2.75) is 36.5 Å². The predicted molar refractivity (Wildman–Crippen MR) is 59.3 cm³/mol. The van der Waals surface area contributed by atoms with E-state index in [2.05, 4.69) is 13.8 Å². The first kappa shape index (κ1) is 11.2. The molecule has 1 N–H and O–H groups in total. The summed E-state index contributed by atoms with van der Waals surface area (Å²) < 4.78 is 0.501. The zero-order chi connectivity index (χ0) is 9.84. The summed E-state index contributed by atoms with van der Waals surface area (Å²) in [4.78, 5) is 10.7. The fourth-order valence-electron chi connectivity index (χ4n) is 1.44. The number of thioether (sulfide) groups is 2. The third kappa shape index (κ3) is 3.09. The van der Waals surface area contributed by atoms with Crippen LogP contribution < -0.4 is 0 Å². The van der Waals surface area contributed by atoms with Crippen molar-refractivity contribution in [2.24, 2.45) is 5.92 Å². The number of hydrogen-bond donors (Lipinski definition) is 1. The van der Waals surface area contributed by atoms with Crippen molar-refractivity contribution in [3.63, 3.8) is 0 Å². The normalized spacial score (nSPS) is 30.3.